The van der Waals surface area contributed by atoms with Crippen molar-refractivity contribution in [2.45, 2.75) is 19.8 Å². The Bertz CT molecular complexity index is 460. The number of benzene rings is 1. The Morgan fingerprint density at radius 1 is 1.33 bits per heavy atom. The molecule has 0 aromatic heterocycles. The molecule has 0 N–H and O–H groups in total. The van der Waals surface area contributed by atoms with Crippen LogP contribution in [0.15, 0.2) is 18.2 Å². The van der Waals surface area contributed by atoms with E-state index in [1.165, 1.54) is 18.9 Å². The van der Waals surface area contributed by atoms with E-state index in [4.69, 9.17) is 16.3 Å². The van der Waals surface area contributed by atoms with Crippen molar-refractivity contribution < 1.29 is 14.3 Å². The van der Waals surface area contributed by atoms with Crippen LogP contribution in [0.2, 0.25) is 5.02 Å². The fourth-order valence-corrected chi connectivity index (χ4v) is 1.68. The number of nitrogens with zero attached hydrogens (tertiary/aromatic N) is 1. The molecule has 0 fully saturated rings. The van der Waals surface area contributed by atoms with E-state index in [-0.39, 0.29) is 24.5 Å². The van der Waals surface area contributed by atoms with Crippen LogP contribution in [0.1, 0.15) is 19.8 Å². The number of methoxy groups -OCH3 is 1. The number of ketones is 1. The van der Waals surface area contributed by atoms with Gasteiger partial charge in [-0.2, -0.15) is 0 Å². The lowest BCUT2D eigenvalue weighted by atomic mass is 10.2. The Hall–Kier alpha value is -1.55. The third-order valence-corrected chi connectivity index (χ3v) is 2.80. The number of Topliss-reactive ketones (excluding diaryl/α,β-unsaturated/α-hetero) is 1. The second-order valence-electron chi connectivity index (χ2n) is 3.97. The SMILES string of the molecule is COc1ccc(Cl)cc1N(C)C(=O)CCC(C)=O. The smallest absolute Gasteiger partial charge is 0.227 e. The molecular weight excluding hydrogens is 254 g/mol. The topological polar surface area (TPSA) is 46.6 Å². The van der Waals surface area contributed by atoms with Gasteiger partial charge < -0.3 is 14.4 Å². The first-order valence-electron chi connectivity index (χ1n) is 5.55. The van der Waals surface area contributed by atoms with Gasteiger partial charge in [0, 0.05) is 24.9 Å². The van der Waals surface area contributed by atoms with E-state index in [1.807, 2.05) is 0 Å². The Kier molecular flexibility index (Phi) is 5.16. The van der Waals surface area contributed by atoms with Crippen LogP contribution < -0.4 is 9.64 Å². The summed E-state index contributed by atoms with van der Waals surface area (Å²) < 4.78 is 5.18. The molecule has 0 aliphatic heterocycles. The highest BCUT2D eigenvalue weighted by molar-refractivity contribution is 6.31. The summed E-state index contributed by atoms with van der Waals surface area (Å²) >= 11 is 5.90. The Morgan fingerprint density at radius 2 is 2.00 bits per heavy atom. The number of ether oxygens (including phenoxy) is 1. The van der Waals surface area contributed by atoms with Crippen LogP contribution in [-0.4, -0.2) is 25.8 Å². The van der Waals surface area contributed by atoms with Crippen LogP contribution in [-0.2, 0) is 9.59 Å². The molecule has 5 heteroatoms. The van der Waals surface area contributed by atoms with Gasteiger partial charge in [-0.15, -0.1) is 0 Å². The van der Waals surface area contributed by atoms with Crippen molar-refractivity contribution in [1.82, 2.24) is 0 Å². The van der Waals surface area contributed by atoms with Crippen molar-refractivity contribution in [1.29, 1.82) is 0 Å². The lowest BCUT2D eigenvalue weighted by Gasteiger charge is -2.20. The van der Waals surface area contributed by atoms with Gasteiger partial charge in [-0.1, -0.05) is 11.6 Å². The van der Waals surface area contributed by atoms with Gasteiger partial charge in [-0.3, -0.25) is 4.79 Å². The van der Waals surface area contributed by atoms with Gasteiger partial charge in [0.2, 0.25) is 5.91 Å². The molecule has 1 aromatic carbocycles. The second-order valence-corrected chi connectivity index (χ2v) is 4.41. The third-order valence-electron chi connectivity index (χ3n) is 2.57. The fraction of sp³-hybridized carbons (Fsp3) is 0.385. The number of carbonyl (C=O) groups is 2. The first kappa shape index (κ1) is 14.5. The highest BCUT2D eigenvalue weighted by atomic mass is 35.5. The van der Waals surface area contributed by atoms with Crippen LogP contribution in [0.25, 0.3) is 0 Å². The zero-order valence-electron chi connectivity index (χ0n) is 10.7. The van der Waals surface area contributed by atoms with Gasteiger partial charge in [0.1, 0.15) is 11.5 Å². The molecule has 98 valence electrons. The fourth-order valence-electron chi connectivity index (χ4n) is 1.51. The van der Waals surface area contributed by atoms with E-state index in [2.05, 4.69) is 0 Å². The third kappa shape index (κ3) is 3.74. The number of amides is 1. The molecule has 1 rings (SSSR count). The van der Waals surface area contributed by atoms with E-state index >= 15 is 0 Å². The molecule has 0 spiro atoms. The number of hydrogen-bond acceptors (Lipinski definition) is 3. The van der Waals surface area contributed by atoms with Gasteiger partial charge >= 0.3 is 0 Å². The van der Waals surface area contributed by atoms with Crippen LogP contribution in [0.3, 0.4) is 0 Å². The van der Waals surface area contributed by atoms with Crippen LogP contribution >= 0.6 is 11.6 Å². The molecule has 0 atom stereocenters. The summed E-state index contributed by atoms with van der Waals surface area (Å²) in [6, 6.07) is 5.05. The summed E-state index contributed by atoms with van der Waals surface area (Å²) in [4.78, 5) is 24.2. The molecule has 0 bridgehead atoms. The predicted molar refractivity (Wildman–Crippen MR) is 71.3 cm³/mol. The van der Waals surface area contributed by atoms with Gasteiger partial charge in [-0.25, -0.2) is 0 Å². The molecular formula is C13H16ClNO3. The van der Waals surface area contributed by atoms with E-state index in [9.17, 15) is 9.59 Å². The summed E-state index contributed by atoms with van der Waals surface area (Å²) in [5.41, 5.74) is 0.596. The maximum atomic E-state index is 11.9. The van der Waals surface area contributed by atoms with Gasteiger partial charge in [0.15, 0.2) is 0 Å². The van der Waals surface area contributed by atoms with Gasteiger partial charge in [0.05, 0.1) is 12.8 Å². The predicted octanol–water partition coefficient (Wildman–Crippen LogP) is 2.68. The van der Waals surface area contributed by atoms with Crippen molar-refractivity contribution in [3.05, 3.63) is 23.2 Å². The maximum Gasteiger partial charge on any atom is 0.227 e. The van der Waals surface area contributed by atoms with E-state index < -0.39 is 0 Å². The average Bonchev–Trinajstić information content (AvgIpc) is 2.34. The first-order chi connectivity index (χ1) is 8.45. The monoisotopic (exact) mass is 269 g/mol. The van der Waals surface area contributed by atoms with Crippen LogP contribution in [0.4, 0.5) is 5.69 Å². The van der Waals surface area contributed by atoms with Gasteiger partial charge in [0.25, 0.3) is 0 Å². The van der Waals surface area contributed by atoms with E-state index in [0.717, 1.165) is 0 Å². The lowest BCUT2D eigenvalue weighted by Crippen LogP contribution is -2.26. The van der Waals surface area contributed by atoms with Crippen molar-refractivity contribution in [3.8, 4) is 5.75 Å². The number of rotatable bonds is 5. The zero-order valence-corrected chi connectivity index (χ0v) is 11.5. The Labute approximate surface area is 111 Å². The number of anilines is 1. The minimum Gasteiger partial charge on any atom is -0.495 e. The summed E-state index contributed by atoms with van der Waals surface area (Å²) in [6.07, 6.45) is 0.424. The standard InChI is InChI=1S/C13H16ClNO3/c1-9(16)4-7-13(17)15(2)11-8-10(14)5-6-12(11)18-3/h5-6,8H,4,7H2,1-3H3. The molecule has 0 heterocycles. The Morgan fingerprint density at radius 3 is 2.56 bits per heavy atom. The van der Waals surface area contributed by atoms with Crippen molar-refractivity contribution in [2.24, 2.45) is 0 Å². The quantitative estimate of drug-likeness (QED) is 0.826. The molecule has 1 amide bonds. The van der Waals surface area contributed by atoms with Gasteiger partial charge in [-0.05, 0) is 25.1 Å². The van der Waals surface area contributed by atoms with Crippen LogP contribution in [0.5, 0.6) is 5.75 Å². The summed E-state index contributed by atoms with van der Waals surface area (Å²) in [7, 11) is 3.16. The minimum absolute atomic E-state index is 0.00481. The molecule has 0 unspecified atom stereocenters. The largest absolute Gasteiger partial charge is 0.495 e. The van der Waals surface area contributed by atoms with Crippen molar-refractivity contribution in [3.63, 3.8) is 0 Å². The van der Waals surface area contributed by atoms with Crippen molar-refractivity contribution >= 4 is 29.0 Å². The molecule has 18 heavy (non-hydrogen) atoms. The molecule has 0 aliphatic carbocycles. The molecule has 4 nitrogen and oxygen atoms in total. The number of carbonyl (C=O) groups excluding carboxylic acids is 2. The highest BCUT2D eigenvalue weighted by Gasteiger charge is 2.16. The van der Waals surface area contributed by atoms with E-state index in [1.54, 1.807) is 25.2 Å². The maximum absolute atomic E-state index is 11.9. The summed E-state index contributed by atoms with van der Waals surface area (Å²) in [5, 5.41) is 0.525. The second kappa shape index (κ2) is 6.40. The van der Waals surface area contributed by atoms with Crippen molar-refractivity contribution in [2.75, 3.05) is 19.1 Å². The number of halogens is 1. The van der Waals surface area contributed by atoms with Crippen LogP contribution in [0, 0.1) is 0 Å². The van der Waals surface area contributed by atoms with E-state index in [0.29, 0.717) is 16.5 Å². The molecule has 0 saturated heterocycles. The lowest BCUT2D eigenvalue weighted by molar-refractivity contribution is -0.122. The summed E-state index contributed by atoms with van der Waals surface area (Å²) in [5.74, 6) is 0.415. The molecule has 1 aromatic rings. The normalized spacial score (nSPS) is 10.0. The highest BCUT2D eigenvalue weighted by Crippen LogP contribution is 2.30. The molecule has 0 radical (unpaired) electrons. The molecule has 0 saturated carbocycles. The Balaban J connectivity index is 2.88. The zero-order chi connectivity index (χ0) is 13.7. The summed E-state index contributed by atoms with van der Waals surface area (Å²) in [6.45, 7) is 1.47. The number of hydrogen-bond donors (Lipinski definition) is 0. The first-order valence-corrected chi connectivity index (χ1v) is 5.93. The minimum atomic E-state index is -0.147. The molecule has 0 aliphatic rings. The average molecular weight is 270 g/mol.